The number of unbranched alkanes of at least 4 members (excludes halogenated alkanes) is 1. The van der Waals surface area contributed by atoms with E-state index in [1.165, 1.54) is 18.4 Å². The summed E-state index contributed by atoms with van der Waals surface area (Å²) in [4.78, 5) is 2.36. The smallest absolute Gasteiger partial charge is 0.0406 e. The van der Waals surface area contributed by atoms with Crippen LogP contribution in [0.3, 0.4) is 0 Å². The summed E-state index contributed by atoms with van der Waals surface area (Å²) in [6.07, 6.45) is 2.51. The van der Waals surface area contributed by atoms with Crippen molar-refractivity contribution in [3.63, 3.8) is 0 Å². The molecule has 0 bridgehead atoms. The zero-order chi connectivity index (χ0) is 13.4. The van der Waals surface area contributed by atoms with Gasteiger partial charge in [-0.25, -0.2) is 0 Å². The number of likely N-dealkylation sites (N-methyl/N-ethyl adjacent to an activating group) is 1. The zero-order valence-corrected chi connectivity index (χ0v) is 12.5. The van der Waals surface area contributed by atoms with Crippen LogP contribution in [0.5, 0.6) is 0 Å². The van der Waals surface area contributed by atoms with E-state index < -0.39 is 0 Å². The summed E-state index contributed by atoms with van der Waals surface area (Å²) in [5, 5.41) is 4.30. The van der Waals surface area contributed by atoms with E-state index in [9.17, 15) is 0 Å². The van der Waals surface area contributed by atoms with Gasteiger partial charge in [-0.05, 0) is 44.6 Å². The molecule has 102 valence electrons. The van der Waals surface area contributed by atoms with Gasteiger partial charge in [0.1, 0.15) is 0 Å². The van der Waals surface area contributed by atoms with E-state index in [1.807, 2.05) is 12.1 Å². The van der Waals surface area contributed by atoms with Crippen LogP contribution < -0.4 is 5.32 Å². The minimum atomic E-state index is 0.539. The van der Waals surface area contributed by atoms with Crippen LogP contribution in [0, 0.1) is 0 Å². The predicted molar refractivity (Wildman–Crippen MR) is 80.2 cm³/mol. The van der Waals surface area contributed by atoms with Crippen LogP contribution in [0.4, 0.5) is 0 Å². The van der Waals surface area contributed by atoms with Gasteiger partial charge in [-0.3, -0.25) is 4.90 Å². The van der Waals surface area contributed by atoms with E-state index in [0.29, 0.717) is 6.04 Å². The van der Waals surface area contributed by atoms with E-state index in [2.05, 4.69) is 43.2 Å². The van der Waals surface area contributed by atoms with Crippen molar-refractivity contribution in [1.82, 2.24) is 10.2 Å². The average molecular weight is 269 g/mol. The van der Waals surface area contributed by atoms with Gasteiger partial charge in [0.05, 0.1) is 0 Å². The van der Waals surface area contributed by atoms with Gasteiger partial charge in [-0.1, -0.05) is 37.1 Å². The monoisotopic (exact) mass is 268 g/mol. The third kappa shape index (κ3) is 5.85. The SMILES string of the molecule is CCCCNCC(C)N(C)Cc1ccc(Cl)cc1. The van der Waals surface area contributed by atoms with Gasteiger partial charge >= 0.3 is 0 Å². The fourth-order valence-corrected chi connectivity index (χ4v) is 1.93. The highest BCUT2D eigenvalue weighted by atomic mass is 35.5. The molecule has 1 rings (SSSR count). The first-order valence-corrected chi connectivity index (χ1v) is 7.16. The number of halogens is 1. The molecule has 2 nitrogen and oxygen atoms in total. The number of rotatable bonds is 8. The summed E-state index contributed by atoms with van der Waals surface area (Å²) in [6, 6.07) is 8.63. The van der Waals surface area contributed by atoms with Gasteiger partial charge in [0.2, 0.25) is 0 Å². The molecule has 1 atom stereocenters. The van der Waals surface area contributed by atoms with Crippen molar-refractivity contribution in [2.75, 3.05) is 20.1 Å². The van der Waals surface area contributed by atoms with Crippen LogP contribution in [-0.2, 0) is 6.54 Å². The van der Waals surface area contributed by atoms with Gasteiger partial charge in [0.15, 0.2) is 0 Å². The number of nitrogens with one attached hydrogen (secondary N) is 1. The first-order chi connectivity index (χ1) is 8.63. The van der Waals surface area contributed by atoms with Crippen LogP contribution in [0.15, 0.2) is 24.3 Å². The Hall–Kier alpha value is -0.570. The second-order valence-electron chi connectivity index (χ2n) is 4.95. The quantitative estimate of drug-likeness (QED) is 0.726. The van der Waals surface area contributed by atoms with Gasteiger partial charge in [-0.15, -0.1) is 0 Å². The first kappa shape index (κ1) is 15.5. The Labute approximate surface area is 116 Å². The highest BCUT2D eigenvalue weighted by Crippen LogP contribution is 2.11. The van der Waals surface area contributed by atoms with Gasteiger partial charge < -0.3 is 5.32 Å². The molecule has 1 aromatic rings. The van der Waals surface area contributed by atoms with Gasteiger partial charge in [0.25, 0.3) is 0 Å². The van der Waals surface area contributed by atoms with Crippen molar-refractivity contribution in [2.24, 2.45) is 0 Å². The minimum absolute atomic E-state index is 0.539. The molecular weight excluding hydrogens is 244 g/mol. The lowest BCUT2D eigenvalue weighted by molar-refractivity contribution is 0.243. The fourth-order valence-electron chi connectivity index (χ4n) is 1.80. The van der Waals surface area contributed by atoms with E-state index in [1.54, 1.807) is 0 Å². The summed E-state index contributed by atoms with van der Waals surface area (Å²) in [6.45, 7) is 7.61. The summed E-state index contributed by atoms with van der Waals surface area (Å²) in [7, 11) is 2.17. The van der Waals surface area contributed by atoms with Crippen LogP contribution in [0.2, 0.25) is 5.02 Å². The summed E-state index contributed by atoms with van der Waals surface area (Å²) >= 11 is 5.89. The Bertz CT molecular complexity index is 324. The summed E-state index contributed by atoms with van der Waals surface area (Å²) in [5.74, 6) is 0. The van der Waals surface area contributed by atoms with Crippen LogP contribution in [0.25, 0.3) is 0 Å². The molecule has 0 fully saturated rings. The van der Waals surface area contributed by atoms with Crippen molar-refractivity contribution in [2.45, 2.75) is 39.3 Å². The maximum atomic E-state index is 5.89. The molecule has 0 heterocycles. The minimum Gasteiger partial charge on any atom is -0.315 e. The Morgan fingerprint density at radius 1 is 1.28 bits per heavy atom. The maximum Gasteiger partial charge on any atom is 0.0406 e. The van der Waals surface area contributed by atoms with Crippen LogP contribution >= 0.6 is 11.6 Å². The van der Waals surface area contributed by atoms with Crippen molar-refractivity contribution < 1.29 is 0 Å². The molecule has 1 aromatic carbocycles. The van der Waals surface area contributed by atoms with E-state index >= 15 is 0 Å². The molecule has 1 N–H and O–H groups in total. The highest BCUT2D eigenvalue weighted by molar-refractivity contribution is 6.30. The lowest BCUT2D eigenvalue weighted by Gasteiger charge is -2.25. The van der Waals surface area contributed by atoms with Gasteiger partial charge in [-0.2, -0.15) is 0 Å². The molecule has 0 saturated heterocycles. The molecule has 0 amide bonds. The molecule has 0 aliphatic rings. The molecule has 0 radical (unpaired) electrons. The topological polar surface area (TPSA) is 15.3 Å². The fraction of sp³-hybridized carbons (Fsp3) is 0.600. The zero-order valence-electron chi connectivity index (χ0n) is 11.7. The normalized spacial score (nSPS) is 12.9. The number of nitrogens with zero attached hydrogens (tertiary/aromatic N) is 1. The summed E-state index contributed by atoms with van der Waals surface area (Å²) in [5.41, 5.74) is 1.31. The second kappa shape index (κ2) is 8.52. The molecule has 0 aromatic heterocycles. The summed E-state index contributed by atoms with van der Waals surface area (Å²) < 4.78 is 0. The lowest BCUT2D eigenvalue weighted by Crippen LogP contribution is -2.37. The molecular formula is C15H25ClN2. The van der Waals surface area contributed by atoms with E-state index in [4.69, 9.17) is 11.6 Å². The third-order valence-corrected chi connectivity index (χ3v) is 3.50. The van der Waals surface area contributed by atoms with Crippen molar-refractivity contribution >= 4 is 11.6 Å². The Balaban J connectivity index is 2.30. The van der Waals surface area contributed by atoms with E-state index in [-0.39, 0.29) is 0 Å². The number of hydrogen-bond donors (Lipinski definition) is 1. The first-order valence-electron chi connectivity index (χ1n) is 6.79. The highest BCUT2D eigenvalue weighted by Gasteiger charge is 2.08. The molecule has 0 spiro atoms. The predicted octanol–water partition coefficient (Wildman–Crippen LogP) is 3.55. The third-order valence-electron chi connectivity index (χ3n) is 3.24. The lowest BCUT2D eigenvalue weighted by atomic mass is 10.2. The van der Waals surface area contributed by atoms with Gasteiger partial charge in [0, 0.05) is 24.2 Å². The molecule has 3 heteroatoms. The van der Waals surface area contributed by atoms with Crippen molar-refractivity contribution in [3.05, 3.63) is 34.9 Å². The molecule has 1 unspecified atom stereocenters. The second-order valence-corrected chi connectivity index (χ2v) is 5.38. The van der Waals surface area contributed by atoms with Crippen LogP contribution in [0.1, 0.15) is 32.3 Å². The van der Waals surface area contributed by atoms with Crippen molar-refractivity contribution in [1.29, 1.82) is 0 Å². The Morgan fingerprint density at radius 3 is 2.56 bits per heavy atom. The molecule has 0 aliphatic heterocycles. The maximum absolute atomic E-state index is 5.89. The van der Waals surface area contributed by atoms with E-state index in [0.717, 1.165) is 24.7 Å². The molecule has 0 saturated carbocycles. The molecule has 18 heavy (non-hydrogen) atoms. The Kier molecular flexibility index (Phi) is 7.33. The standard InChI is InChI=1S/C15H25ClN2/c1-4-5-10-17-11-13(2)18(3)12-14-6-8-15(16)9-7-14/h6-9,13,17H,4-5,10-12H2,1-3H3. The van der Waals surface area contributed by atoms with Crippen molar-refractivity contribution in [3.8, 4) is 0 Å². The molecule has 0 aliphatic carbocycles. The van der Waals surface area contributed by atoms with Crippen LogP contribution in [-0.4, -0.2) is 31.1 Å². The average Bonchev–Trinajstić information content (AvgIpc) is 2.37. The number of benzene rings is 1. The largest absolute Gasteiger partial charge is 0.315 e. The number of hydrogen-bond acceptors (Lipinski definition) is 2. The Morgan fingerprint density at radius 2 is 1.94 bits per heavy atom.